The van der Waals surface area contributed by atoms with Crippen LogP contribution in [-0.2, 0) is 11.3 Å². The van der Waals surface area contributed by atoms with E-state index in [4.69, 9.17) is 17.0 Å². The molecule has 1 amide bonds. The normalized spacial score (nSPS) is 10.7. The van der Waals surface area contributed by atoms with Crippen LogP contribution in [0.15, 0.2) is 18.2 Å². The number of hydrogen-bond donors (Lipinski definition) is 2. The van der Waals surface area contributed by atoms with E-state index in [1.807, 2.05) is 32.0 Å². The van der Waals surface area contributed by atoms with Crippen molar-refractivity contribution in [2.24, 2.45) is 0 Å². The number of nitrogens with one attached hydrogen (secondary N) is 2. The smallest absolute Gasteiger partial charge is 0.269 e. The van der Waals surface area contributed by atoms with Gasteiger partial charge in [0.15, 0.2) is 11.7 Å². The Hall–Kier alpha value is -2.55. The number of nitrogens with zero attached hydrogens (tertiary/aromatic N) is 4. The number of benzene rings is 1. The summed E-state index contributed by atoms with van der Waals surface area (Å²) in [6.45, 7) is 8.68. The minimum Gasteiger partial charge on any atom is -0.483 e. The van der Waals surface area contributed by atoms with E-state index in [1.54, 1.807) is 0 Å². The summed E-state index contributed by atoms with van der Waals surface area (Å²) >= 11 is 5.09. The second kappa shape index (κ2) is 9.23. The Morgan fingerprint density at radius 3 is 2.85 bits per heavy atom. The fraction of sp³-hybridized carbons (Fsp3) is 0.471. The van der Waals surface area contributed by atoms with E-state index in [0.29, 0.717) is 18.2 Å². The van der Waals surface area contributed by atoms with Crippen molar-refractivity contribution in [3.8, 4) is 5.75 Å². The molecule has 2 aromatic rings. The largest absolute Gasteiger partial charge is 0.483 e. The lowest BCUT2D eigenvalue weighted by atomic mass is 10.0. The number of carbonyl (C=O) groups is 1. The molecule has 1 aromatic heterocycles. The molecule has 9 heteroatoms. The number of carbonyl (C=O) groups excluding carboxylic acids is 1. The van der Waals surface area contributed by atoms with Crippen molar-refractivity contribution in [1.82, 2.24) is 25.5 Å². The highest BCUT2D eigenvalue weighted by atomic mass is 32.1. The molecular formula is C17H24N6O2S. The van der Waals surface area contributed by atoms with Gasteiger partial charge in [0, 0.05) is 0 Å². The summed E-state index contributed by atoms with van der Waals surface area (Å²) in [6, 6.07) is 5.97. The summed E-state index contributed by atoms with van der Waals surface area (Å²) in [6.07, 6.45) is 0.894. The first-order valence-electron chi connectivity index (χ1n) is 8.51. The molecule has 8 nitrogen and oxygen atoms in total. The van der Waals surface area contributed by atoms with Crippen molar-refractivity contribution >= 4 is 29.2 Å². The maximum Gasteiger partial charge on any atom is 0.269 e. The first kappa shape index (κ1) is 19.8. The van der Waals surface area contributed by atoms with Gasteiger partial charge in [-0.2, -0.15) is 4.80 Å². The zero-order valence-electron chi connectivity index (χ0n) is 15.4. The third-order valence-electron chi connectivity index (χ3n) is 3.50. The van der Waals surface area contributed by atoms with Crippen molar-refractivity contribution in [2.75, 3.05) is 11.9 Å². The highest BCUT2D eigenvalue weighted by molar-refractivity contribution is 7.80. The van der Waals surface area contributed by atoms with Gasteiger partial charge in [0.25, 0.3) is 11.9 Å². The molecule has 26 heavy (non-hydrogen) atoms. The van der Waals surface area contributed by atoms with Crippen molar-refractivity contribution in [3.05, 3.63) is 29.3 Å². The minimum atomic E-state index is -0.361. The van der Waals surface area contributed by atoms with Crippen LogP contribution in [0.1, 0.15) is 44.2 Å². The molecule has 0 spiro atoms. The van der Waals surface area contributed by atoms with E-state index in [0.717, 1.165) is 17.5 Å². The molecule has 140 valence electrons. The van der Waals surface area contributed by atoms with Crippen LogP contribution in [0.2, 0.25) is 0 Å². The molecule has 0 unspecified atom stereocenters. The number of aryl methyl sites for hydroxylation is 2. The molecule has 1 aromatic carbocycles. The molecule has 2 rings (SSSR count). The lowest BCUT2D eigenvalue weighted by Gasteiger charge is -2.15. The van der Waals surface area contributed by atoms with Crippen molar-refractivity contribution < 1.29 is 9.53 Å². The van der Waals surface area contributed by atoms with Crippen LogP contribution >= 0.6 is 12.2 Å². The van der Waals surface area contributed by atoms with Gasteiger partial charge < -0.3 is 4.74 Å². The number of hydrogen-bond acceptors (Lipinski definition) is 6. The van der Waals surface area contributed by atoms with E-state index in [9.17, 15) is 4.79 Å². The summed E-state index contributed by atoms with van der Waals surface area (Å²) < 4.78 is 5.68. The monoisotopic (exact) mass is 376 g/mol. The van der Waals surface area contributed by atoms with Gasteiger partial charge in [-0.3, -0.25) is 15.4 Å². The highest BCUT2D eigenvalue weighted by Gasteiger charge is 2.12. The maximum absolute atomic E-state index is 12.1. The average molecular weight is 376 g/mol. The predicted molar refractivity (Wildman–Crippen MR) is 103 cm³/mol. The summed E-state index contributed by atoms with van der Waals surface area (Å²) in [7, 11) is 0. The van der Waals surface area contributed by atoms with Gasteiger partial charge >= 0.3 is 0 Å². The van der Waals surface area contributed by atoms with Crippen LogP contribution in [0.5, 0.6) is 5.75 Å². The lowest BCUT2D eigenvalue weighted by molar-refractivity contribution is -0.121. The molecule has 0 atom stereocenters. The lowest BCUT2D eigenvalue weighted by Crippen LogP contribution is -2.37. The number of anilines is 1. The Balaban J connectivity index is 1.86. The first-order valence-corrected chi connectivity index (χ1v) is 8.91. The average Bonchev–Trinajstić information content (AvgIpc) is 3.00. The van der Waals surface area contributed by atoms with Crippen molar-refractivity contribution in [3.63, 3.8) is 0 Å². The van der Waals surface area contributed by atoms with Crippen LogP contribution in [0.3, 0.4) is 0 Å². The zero-order chi connectivity index (χ0) is 19.1. The molecule has 0 bridgehead atoms. The van der Waals surface area contributed by atoms with Gasteiger partial charge in [-0.25, -0.2) is 0 Å². The molecule has 0 radical (unpaired) electrons. The van der Waals surface area contributed by atoms with Gasteiger partial charge in [0.2, 0.25) is 0 Å². The molecule has 0 saturated heterocycles. The van der Waals surface area contributed by atoms with Gasteiger partial charge in [0.05, 0.1) is 6.54 Å². The third-order valence-corrected chi connectivity index (χ3v) is 3.71. The van der Waals surface area contributed by atoms with Crippen LogP contribution in [0.4, 0.5) is 5.95 Å². The number of ether oxygens (including phenoxy) is 1. The zero-order valence-corrected chi connectivity index (χ0v) is 16.3. The number of thiocarbonyl (C=S) groups is 1. The fourth-order valence-corrected chi connectivity index (χ4v) is 2.48. The summed E-state index contributed by atoms with van der Waals surface area (Å²) in [5, 5.41) is 17.1. The van der Waals surface area contributed by atoms with Crippen molar-refractivity contribution in [1.29, 1.82) is 0 Å². The molecular weight excluding hydrogens is 352 g/mol. The second-order valence-electron chi connectivity index (χ2n) is 6.20. The van der Waals surface area contributed by atoms with Crippen molar-refractivity contribution in [2.45, 2.75) is 46.6 Å². The number of amides is 1. The SMILES string of the molecule is CCCn1nnc(NC(=S)NC(=O)COc2cc(C)ccc2C(C)C)n1. The van der Waals surface area contributed by atoms with E-state index < -0.39 is 0 Å². The highest BCUT2D eigenvalue weighted by Crippen LogP contribution is 2.27. The maximum atomic E-state index is 12.1. The number of aromatic nitrogens is 4. The molecule has 0 aliphatic rings. The van der Waals surface area contributed by atoms with E-state index >= 15 is 0 Å². The van der Waals surface area contributed by atoms with Gasteiger partial charge in [-0.1, -0.05) is 38.0 Å². The Bertz CT molecular complexity index is 774. The van der Waals surface area contributed by atoms with Crippen LogP contribution < -0.4 is 15.4 Å². The standard InChI is InChI=1S/C17H24N6O2S/c1-5-8-23-21-16(20-22-23)19-17(26)18-15(24)10-25-14-9-12(4)6-7-13(14)11(2)3/h6-7,9,11H,5,8,10H2,1-4H3,(H2,18,19,21,24,26). The van der Waals surface area contributed by atoms with Gasteiger partial charge in [0.1, 0.15) is 5.75 Å². The number of tetrazole rings is 1. The Morgan fingerprint density at radius 1 is 1.38 bits per heavy atom. The molecule has 2 N–H and O–H groups in total. The minimum absolute atomic E-state index is 0.1000. The van der Waals surface area contributed by atoms with Crippen LogP contribution in [0.25, 0.3) is 0 Å². The van der Waals surface area contributed by atoms with Crippen LogP contribution in [-0.4, -0.2) is 37.8 Å². The Labute approximate surface area is 158 Å². The molecule has 0 fully saturated rings. The van der Waals surface area contributed by atoms with E-state index in [2.05, 4.69) is 39.9 Å². The fourth-order valence-electron chi connectivity index (χ4n) is 2.27. The summed E-state index contributed by atoms with van der Waals surface area (Å²) in [4.78, 5) is 13.5. The molecule has 0 aliphatic heterocycles. The summed E-state index contributed by atoms with van der Waals surface area (Å²) in [5.74, 6) is 0.886. The topological polar surface area (TPSA) is 94.0 Å². The number of rotatable bonds is 7. The van der Waals surface area contributed by atoms with E-state index in [-0.39, 0.29) is 23.6 Å². The van der Waals surface area contributed by atoms with Crippen LogP contribution in [0, 0.1) is 6.92 Å². The van der Waals surface area contributed by atoms with E-state index in [1.165, 1.54) is 4.80 Å². The molecule has 1 heterocycles. The predicted octanol–water partition coefficient (Wildman–Crippen LogP) is 2.41. The van der Waals surface area contributed by atoms with Gasteiger partial charge in [-0.05, 0) is 53.9 Å². The molecule has 0 saturated carbocycles. The Morgan fingerprint density at radius 2 is 2.15 bits per heavy atom. The second-order valence-corrected chi connectivity index (χ2v) is 6.60. The van der Waals surface area contributed by atoms with Gasteiger partial charge in [-0.15, -0.1) is 5.10 Å². The molecule has 0 aliphatic carbocycles. The third kappa shape index (κ3) is 5.76. The first-order chi connectivity index (χ1) is 12.4. The Kier molecular flexibility index (Phi) is 7.02. The summed E-state index contributed by atoms with van der Waals surface area (Å²) in [5.41, 5.74) is 2.13. The quantitative estimate of drug-likeness (QED) is 0.717.